The van der Waals surface area contributed by atoms with E-state index < -0.39 is 9.84 Å². The van der Waals surface area contributed by atoms with Gasteiger partial charge in [0.2, 0.25) is 5.88 Å². The van der Waals surface area contributed by atoms with Gasteiger partial charge in [-0.25, -0.2) is 23.1 Å². The lowest BCUT2D eigenvalue weighted by Gasteiger charge is -2.31. The lowest BCUT2D eigenvalue weighted by atomic mass is 10.1. The number of aromatic nitrogens is 4. The molecule has 1 saturated heterocycles. The van der Waals surface area contributed by atoms with Crippen molar-refractivity contribution in [2.45, 2.75) is 37.2 Å². The average Bonchev–Trinajstić information content (AvgIpc) is 3.20. The van der Waals surface area contributed by atoms with Crippen LogP contribution in [0, 0.1) is 0 Å². The van der Waals surface area contributed by atoms with Gasteiger partial charge >= 0.3 is 0 Å². The number of carbonyl (C=O) groups is 1. The van der Waals surface area contributed by atoms with Crippen LogP contribution in [0.2, 0.25) is 0 Å². The molecule has 1 fully saturated rings. The molecule has 0 radical (unpaired) electrons. The fraction of sp³-hybridized carbons (Fsp3) is 0.429. The summed E-state index contributed by atoms with van der Waals surface area (Å²) in [4.78, 5) is 22.7. The Balaban J connectivity index is 1.50. The fourth-order valence-electron chi connectivity index (χ4n) is 3.64. The van der Waals surface area contributed by atoms with E-state index in [9.17, 15) is 13.2 Å². The smallest absolute Gasteiger partial charge is 0.228 e. The monoisotopic (exact) mass is 443 g/mol. The molecule has 1 aliphatic rings. The summed E-state index contributed by atoms with van der Waals surface area (Å²) in [5.74, 6) is 0.737. The summed E-state index contributed by atoms with van der Waals surface area (Å²) in [6.45, 7) is 4.03. The van der Waals surface area contributed by atoms with Gasteiger partial charge in [0, 0.05) is 25.8 Å². The summed E-state index contributed by atoms with van der Waals surface area (Å²) < 4.78 is 31.2. The molecule has 1 aliphatic heterocycles. The second-order valence-electron chi connectivity index (χ2n) is 7.72. The van der Waals surface area contributed by atoms with Crippen molar-refractivity contribution in [1.82, 2.24) is 24.6 Å². The Morgan fingerprint density at radius 2 is 1.87 bits per heavy atom. The highest BCUT2D eigenvalue weighted by Gasteiger charge is 2.23. The molecule has 0 spiro atoms. The SMILES string of the molecule is CCC(=O)CN1CCC(Oc2ncnc3c2cnn3-c2ccc(S(C)(=O)=O)cc2)CC1. The number of likely N-dealkylation sites (tertiary alicyclic amines) is 1. The van der Waals surface area contributed by atoms with Crippen LogP contribution in [0.3, 0.4) is 0 Å². The minimum Gasteiger partial charge on any atom is -0.474 e. The number of sulfone groups is 1. The molecule has 3 heterocycles. The summed E-state index contributed by atoms with van der Waals surface area (Å²) in [7, 11) is -3.26. The zero-order valence-corrected chi connectivity index (χ0v) is 18.4. The molecule has 0 atom stereocenters. The van der Waals surface area contributed by atoms with Crippen LogP contribution < -0.4 is 4.74 Å². The van der Waals surface area contributed by atoms with E-state index in [0.29, 0.717) is 35.6 Å². The molecule has 0 amide bonds. The fourth-order valence-corrected chi connectivity index (χ4v) is 4.27. The van der Waals surface area contributed by atoms with Crippen LogP contribution in [-0.4, -0.2) is 70.8 Å². The number of fused-ring (bicyclic) bond motifs is 1. The molecule has 0 bridgehead atoms. The van der Waals surface area contributed by atoms with Crippen LogP contribution in [0.4, 0.5) is 0 Å². The standard InChI is InChI=1S/C21H25N5O4S/c1-3-16(27)13-25-10-8-17(9-11-25)30-21-19-12-24-26(20(19)22-14-23-21)15-4-6-18(7-5-15)31(2,28)29/h4-7,12,14,17H,3,8-11,13H2,1-2H3. The van der Waals surface area contributed by atoms with E-state index in [1.165, 1.54) is 12.6 Å². The van der Waals surface area contributed by atoms with Crippen LogP contribution in [0.25, 0.3) is 16.7 Å². The number of hydrogen-bond donors (Lipinski definition) is 0. The number of hydrogen-bond acceptors (Lipinski definition) is 8. The first-order valence-electron chi connectivity index (χ1n) is 10.2. The Kier molecular flexibility index (Phi) is 6.01. The van der Waals surface area contributed by atoms with Gasteiger partial charge in [0.25, 0.3) is 0 Å². The van der Waals surface area contributed by atoms with E-state index in [1.807, 2.05) is 6.92 Å². The molecule has 164 valence electrons. The number of carbonyl (C=O) groups excluding carboxylic acids is 1. The van der Waals surface area contributed by atoms with Crippen LogP contribution in [0.5, 0.6) is 5.88 Å². The predicted octanol–water partition coefficient (Wildman–Crippen LogP) is 2.04. The Morgan fingerprint density at radius 3 is 2.52 bits per heavy atom. The lowest BCUT2D eigenvalue weighted by molar-refractivity contribution is -0.120. The minimum absolute atomic E-state index is 0.0171. The number of rotatable bonds is 7. The van der Waals surface area contributed by atoms with Crippen LogP contribution in [-0.2, 0) is 14.6 Å². The maximum Gasteiger partial charge on any atom is 0.228 e. The molecule has 1 aromatic carbocycles. The topological polar surface area (TPSA) is 107 Å². The average molecular weight is 444 g/mol. The first-order chi connectivity index (χ1) is 14.8. The van der Waals surface area contributed by atoms with Crippen LogP contribution >= 0.6 is 0 Å². The Bertz CT molecular complexity index is 1180. The van der Waals surface area contributed by atoms with Gasteiger partial charge in [-0.2, -0.15) is 5.10 Å². The number of piperidine rings is 1. The van der Waals surface area contributed by atoms with Gasteiger partial charge in [0.1, 0.15) is 23.6 Å². The minimum atomic E-state index is -3.26. The number of benzene rings is 1. The molecule has 0 saturated carbocycles. The molecule has 2 aromatic heterocycles. The number of ketones is 1. The van der Waals surface area contributed by atoms with Gasteiger partial charge in [-0.1, -0.05) is 6.92 Å². The quantitative estimate of drug-likeness (QED) is 0.546. The first-order valence-corrected chi connectivity index (χ1v) is 12.1. The molecule has 9 nitrogen and oxygen atoms in total. The van der Waals surface area contributed by atoms with E-state index >= 15 is 0 Å². The first kappa shape index (κ1) is 21.4. The van der Waals surface area contributed by atoms with Crippen molar-refractivity contribution in [1.29, 1.82) is 0 Å². The van der Waals surface area contributed by atoms with Crippen LogP contribution in [0.15, 0.2) is 41.7 Å². The van der Waals surface area contributed by atoms with Crippen molar-refractivity contribution in [3.8, 4) is 11.6 Å². The van der Waals surface area contributed by atoms with E-state index in [4.69, 9.17) is 4.74 Å². The highest BCUT2D eigenvalue weighted by atomic mass is 32.2. The van der Waals surface area contributed by atoms with Gasteiger partial charge in [-0.05, 0) is 37.1 Å². The van der Waals surface area contributed by atoms with Gasteiger partial charge < -0.3 is 4.74 Å². The molecule has 3 aromatic rings. The molecule has 0 aliphatic carbocycles. The number of nitrogens with zero attached hydrogens (tertiary/aromatic N) is 5. The van der Waals surface area contributed by atoms with Crippen LogP contribution in [0.1, 0.15) is 26.2 Å². The number of Topliss-reactive ketones (excluding diaryl/α,β-unsaturated/α-hetero) is 1. The molecule has 0 unspecified atom stereocenters. The third-order valence-electron chi connectivity index (χ3n) is 5.45. The highest BCUT2D eigenvalue weighted by Crippen LogP contribution is 2.26. The highest BCUT2D eigenvalue weighted by molar-refractivity contribution is 7.90. The van der Waals surface area contributed by atoms with Crippen molar-refractivity contribution >= 4 is 26.7 Å². The molecule has 0 N–H and O–H groups in total. The maximum atomic E-state index is 11.7. The van der Waals surface area contributed by atoms with E-state index in [-0.39, 0.29) is 16.8 Å². The molecular formula is C21H25N5O4S. The van der Waals surface area contributed by atoms with Gasteiger partial charge in [0.15, 0.2) is 15.5 Å². The summed E-state index contributed by atoms with van der Waals surface area (Å²) in [6.07, 6.45) is 6.50. The van der Waals surface area contributed by atoms with Crippen molar-refractivity contribution < 1.29 is 17.9 Å². The zero-order valence-electron chi connectivity index (χ0n) is 17.6. The zero-order chi connectivity index (χ0) is 22.0. The molecule has 31 heavy (non-hydrogen) atoms. The summed E-state index contributed by atoms with van der Waals surface area (Å²) in [5, 5.41) is 5.10. The maximum absolute atomic E-state index is 11.7. The van der Waals surface area contributed by atoms with Crippen molar-refractivity contribution in [3.05, 3.63) is 36.8 Å². The number of ether oxygens (including phenoxy) is 1. The Morgan fingerprint density at radius 1 is 1.16 bits per heavy atom. The van der Waals surface area contributed by atoms with E-state index in [1.54, 1.807) is 35.1 Å². The predicted molar refractivity (Wildman–Crippen MR) is 115 cm³/mol. The van der Waals surface area contributed by atoms with Gasteiger partial charge in [0.05, 0.1) is 23.3 Å². The second kappa shape index (κ2) is 8.72. The Hall–Kier alpha value is -2.85. The molecular weight excluding hydrogens is 418 g/mol. The van der Waals surface area contributed by atoms with E-state index in [0.717, 1.165) is 25.9 Å². The molecule has 4 rings (SSSR count). The summed E-state index contributed by atoms with van der Waals surface area (Å²) in [6, 6.07) is 6.49. The summed E-state index contributed by atoms with van der Waals surface area (Å²) in [5.41, 5.74) is 1.28. The van der Waals surface area contributed by atoms with Gasteiger partial charge in [-0.15, -0.1) is 0 Å². The second-order valence-corrected chi connectivity index (χ2v) is 9.74. The van der Waals surface area contributed by atoms with E-state index in [2.05, 4.69) is 20.0 Å². The largest absolute Gasteiger partial charge is 0.474 e. The third-order valence-corrected chi connectivity index (χ3v) is 6.57. The third kappa shape index (κ3) is 4.75. The summed E-state index contributed by atoms with van der Waals surface area (Å²) >= 11 is 0. The lowest BCUT2D eigenvalue weighted by Crippen LogP contribution is -2.40. The van der Waals surface area contributed by atoms with Crippen molar-refractivity contribution in [2.75, 3.05) is 25.9 Å². The normalized spacial score (nSPS) is 15.9. The van der Waals surface area contributed by atoms with Gasteiger partial charge in [-0.3, -0.25) is 9.69 Å². The molecule has 10 heteroatoms. The Labute approximate surface area is 181 Å². The van der Waals surface area contributed by atoms with Crippen molar-refractivity contribution in [3.63, 3.8) is 0 Å². The van der Waals surface area contributed by atoms with Crippen molar-refractivity contribution in [2.24, 2.45) is 0 Å².